The van der Waals surface area contributed by atoms with E-state index in [2.05, 4.69) is 0 Å². The lowest BCUT2D eigenvalue weighted by Gasteiger charge is -2.43. The molecule has 0 saturated heterocycles. The minimum atomic E-state index is -2.83. The van der Waals surface area contributed by atoms with Crippen molar-refractivity contribution in [3.8, 4) is 5.75 Å². The van der Waals surface area contributed by atoms with Gasteiger partial charge >= 0.3 is 5.97 Å². The third-order valence-electron chi connectivity index (χ3n) is 5.08. The van der Waals surface area contributed by atoms with Gasteiger partial charge < -0.3 is 14.8 Å². The molecule has 0 fully saturated rings. The summed E-state index contributed by atoms with van der Waals surface area (Å²) in [5, 5.41) is 20.7. The van der Waals surface area contributed by atoms with Crippen LogP contribution in [0.5, 0.6) is 5.75 Å². The molecular weight excluding hydrogens is 364 g/mol. The van der Waals surface area contributed by atoms with Crippen LogP contribution in [0.4, 0.5) is 0 Å². The van der Waals surface area contributed by atoms with Crippen LogP contribution in [-0.4, -0.2) is 29.7 Å². The minimum absolute atomic E-state index is 0.172. The fraction of sp³-hybridized carbons (Fsp3) is 0.667. The highest BCUT2D eigenvalue weighted by Crippen LogP contribution is 2.43. The molecule has 0 bridgehead atoms. The molecule has 6 heteroatoms. The van der Waals surface area contributed by atoms with E-state index >= 15 is 0 Å². The molecule has 0 saturated carbocycles. The Morgan fingerprint density at radius 3 is 1.56 bits per heavy atom. The van der Waals surface area contributed by atoms with Crippen molar-refractivity contribution in [2.75, 3.05) is 0 Å². The van der Waals surface area contributed by atoms with Gasteiger partial charge in [0.1, 0.15) is 10.5 Å². The Morgan fingerprint density at radius 1 is 0.963 bits per heavy atom. The summed E-state index contributed by atoms with van der Waals surface area (Å²) in [5.41, 5.74) is 0.149. The van der Waals surface area contributed by atoms with E-state index in [9.17, 15) is 23.8 Å². The predicted octanol–water partition coefficient (Wildman–Crippen LogP) is 4.28. The maximum atomic E-state index is 12.1. The van der Waals surface area contributed by atoms with Gasteiger partial charge in [-0.25, -0.2) is 0 Å². The first-order chi connectivity index (χ1) is 11.9. The van der Waals surface area contributed by atoms with Gasteiger partial charge in [-0.15, -0.1) is 0 Å². The largest absolute Gasteiger partial charge is 0.771 e. The number of phenolic OH excluding ortho intramolecular Hbond substituents is 1. The molecular formula is C21H33O5S-. The second-order valence-electron chi connectivity index (χ2n) is 10.3. The number of hydrogen-bond acceptors (Lipinski definition) is 4. The fourth-order valence-electron chi connectivity index (χ4n) is 3.27. The topological polar surface area (TPSA) is 97.7 Å². The van der Waals surface area contributed by atoms with E-state index in [1.165, 1.54) is 0 Å². The van der Waals surface area contributed by atoms with Crippen molar-refractivity contribution >= 4 is 17.0 Å². The van der Waals surface area contributed by atoms with Gasteiger partial charge in [0.05, 0.1) is 0 Å². The Kier molecular flexibility index (Phi) is 6.31. The molecule has 0 heterocycles. The van der Waals surface area contributed by atoms with E-state index in [1.54, 1.807) is 32.9 Å². The summed E-state index contributed by atoms with van der Waals surface area (Å²) in [6.07, 6.45) is -0.172. The van der Waals surface area contributed by atoms with Crippen molar-refractivity contribution in [1.29, 1.82) is 0 Å². The normalized spacial score (nSPS) is 16.7. The average Bonchev–Trinajstić information content (AvgIpc) is 2.41. The second kappa shape index (κ2) is 7.21. The summed E-state index contributed by atoms with van der Waals surface area (Å²) >= 11 is -2.83. The number of rotatable bonds is 4. The lowest BCUT2D eigenvalue weighted by atomic mass is 9.73. The Balaban J connectivity index is 3.81. The third-order valence-corrected chi connectivity index (χ3v) is 6.58. The minimum Gasteiger partial charge on any atom is -0.771 e. The molecule has 0 amide bonds. The highest BCUT2D eigenvalue weighted by atomic mass is 32.2. The zero-order valence-electron chi connectivity index (χ0n) is 17.9. The molecule has 1 aromatic carbocycles. The van der Waals surface area contributed by atoms with Crippen LogP contribution in [0.25, 0.3) is 0 Å². The zero-order valence-corrected chi connectivity index (χ0v) is 18.7. The molecule has 0 radical (unpaired) electrons. The molecule has 2 N–H and O–H groups in total. The Hall–Kier alpha value is -1.40. The molecule has 1 rings (SSSR count). The summed E-state index contributed by atoms with van der Waals surface area (Å²) in [6, 6.07) is 3.47. The summed E-state index contributed by atoms with van der Waals surface area (Å²) < 4.78 is 22.3. The summed E-state index contributed by atoms with van der Waals surface area (Å²) in [7, 11) is 0. The van der Waals surface area contributed by atoms with E-state index in [0.717, 1.165) is 0 Å². The number of aromatic hydroxyl groups is 1. The van der Waals surface area contributed by atoms with Crippen LogP contribution in [-0.2, 0) is 33.1 Å². The summed E-state index contributed by atoms with van der Waals surface area (Å²) in [5.74, 6) is -1.19. The number of benzene rings is 1. The molecule has 0 aliphatic rings. The maximum Gasteiger partial charge on any atom is 0.322 e. The molecule has 0 aromatic heterocycles. The zero-order chi connectivity index (χ0) is 21.6. The molecule has 154 valence electrons. The quantitative estimate of drug-likeness (QED) is 0.739. The van der Waals surface area contributed by atoms with Crippen LogP contribution in [0.3, 0.4) is 0 Å². The van der Waals surface area contributed by atoms with Crippen LogP contribution in [0.15, 0.2) is 12.1 Å². The summed E-state index contributed by atoms with van der Waals surface area (Å²) in [4.78, 5) is 12.1. The smallest absolute Gasteiger partial charge is 0.322 e. The molecule has 0 aliphatic heterocycles. The molecule has 2 unspecified atom stereocenters. The second-order valence-corrected chi connectivity index (χ2v) is 11.5. The Morgan fingerprint density at radius 2 is 1.33 bits per heavy atom. The first-order valence-electron chi connectivity index (χ1n) is 9.05. The van der Waals surface area contributed by atoms with Crippen molar-refractivity contribution in [2.24, 2.45) is 5.41 Å². The third kappa shape index (κ3) is 4.54. The highest BCUT2D eigenvalue weighted by molar-refractivity contribution is 7.81. The first kappa shape index (κ1) is 23.6. The highest BCUT2D eigenvalue weighted by Gasteiger charge is 2.50. The number of aliphatic carboxylic acids is 1. The van der Waals surface area contributed by atoms with Crippen molar-refractivity contribution < 1.29 is 23.8 Å². The van der Waals surface area contributed by atoms with Crippen molar-refractivity contribution in [3.63, 3.8) is 0 Å². The van der Waals surface area contributed by atoms with E-state index in [0.29, 0.717) is 16.7 Å². The molecule has 0 spiro atoms. The average molecular weight is 398 g/mol. The van der Waals surface area contributed by atoms with E-state index < -0.39 is 27.2 Å². The van der Waals surface area contributed by atoms with Gasteiger partial charge in [0.2, 0.25) is 0 Å². The molecule has 2 atom stereocenters. The van der Waals surface area contributed by atoms with Crippen molar-refractivity contribution in [3.05, 3.63) is 28.8 Å². The Labute approximate surface area is 165 Å². The van der Waals surface area contributed by atoms with E-state index in [4.69, 9.17) is 0 Å². The predicted molar refractivity (Wildman–Crippen MR) is 108 cm³/mol. The van der Waals surface area contributed by atoms with Crippen LogP contribution < -0.4 is 0 Å². The van der Waals surface area contributed by atoms with E-state index in [1.807, 2.05) is 41.5 Å². The van der Waals surface area contributed by atoms with Gasteiger partial charge in [0.15, 0.2) is 0 Å². The number of carboxylic acids is 1. The van der Waals surface area contributed by atoms with Gasteiger partial charge in [0.25, 0.3) is 0 Å². The lowest BCUT2D eigenvalue weighted by molar-refractivity contribution is -0.143. The van der Waals surface area contributed by atoms with Crippen molar-refractivity contribution in [2.45, 2.75) is 84.3 Å². The van der Waals surface area contributed by atoms with Gasteiger partial charge in [-0.2, -0.15) is 0 Å². The fourth-order valence-corrected chi connectivity index (χ4v) is 4.20. The SMILES string of the molecule is CC(C)(C)c1cc(CC(C(=O)O)(S(=O)[O-])C(C)(C)C)cc(C(C)(C)C)c1O. The number of carboxylic acid groups (broad SMARTS) is 1. The van der Waals surface area contributed by atoms with Gasteiger partial charge in [-0.3, -0.25) is 9.00 Å². The van der Waals surface area contributed by atoms with Gasteiger partial charge in [0, 0.05) is 0 Å². The van der Waals surface area contributed by atoms with Crippen LogP contribution in [0.1, 0.15) is 79.0 Å². The first-order valence-corrected chi connectivity index (χ1v) is 10.1. The molecule has 0 aliphatic carbocycles. The monoisotopic (exact) mass is 397 g/mol. The van der Waals surface area contributed by atoms with Crippen LogP contribution in [0.2, 0.25) is 0 Å². The van der Waals surface area contributed by atoms with Gasteiger partial charge in [-0.05, 0) is 50.4 Å². The molecule has 5 nitrogen and oxygen atoms in total. The van der Waals surface area contributed by atoms with Crippen LogP contribution in [0, 0.1) is 5.41 Å². The van der Waals surface area contributed by atoms with Crippen LogP contribution >= 0.6 is 0 Å². The lowest BCUT2D eigenvalue weighted by Crippen LogP contribution is -2.55. The van der Waals surface area contributed by atoms with Gasteiger partial charge in [-0.1, -0.05) is 74.4 Å². The summed E-state index contributed by atoms with van der Waals surface area (Å²) in [6.45, 7) is 16.6. The standard InChI is InChI=1S/C21H34O5S/c1-18(2,3)14-10-13(11-15(16(14)22)19(4,5)6)12-21(17(23)24,27(25)26)20(7,8)9/h10-11,22H,12H2,1-9H3,(H,23,24)(H,25,26)/p-1. The van der Waals surface area contributed by atoms with Crippen molar-refractivity contribution in [1.82, 2.24) is 0 Å². The molecule has 1 aromatic rings. The Bertz CT molecular complexity index is 696. The number of hydrogen-bond donors (Lipinski definition) is 2. The number of carbonyl (C=O) groups is 1. The van der Waals surface area contributed by atoms with E-state index in [-0.39, 0.29) is 23.0 Å². The number of phenols is 1. The molecule has 27 heavy (non-hydrogen) atoms. The maximum absolute atomic E-state index is 12.1.